The molecule has 2 aromatic rings. The van der Waals surface area contributed by atoms with E-state index < -0.39 is 0 Å². The first-order valence-corrected chi connectivity index (χ1v) is 9.83. The van der Waals surface area contributed by atoms with E-state index >= 15 is 0 Å². The third kappa shape index (κ3) is 5.24. The third-order valence-corrected chi connectivity index (χ3v) is 5.38. The molecule has 0 aromatic heterocycles. The standard InChI is InChI=1S/C22H28ClN3O/c1-17-7-8-19(18(2)13-17)15-24(3)16-22(27)26-11-9-25(10-12-26)21-6-4-5-20(23)14-21/h4-8,13-14H,9-12,15-16H2,1-3H3. The van der Waals surface area contributed by atoms with Crippen molar-refractivity contribution >= 4 is 23.2 Å². The molecule has 1 amide bonds. The molecule has 0 N–H and O–H groups in total. The van der Waals surface area contributed by atoms with E-state index in [1.54, 1.807) is 0 Å². The Morgan fingerprint density at radius 1 is 1.07 bits per heavy atom. The van der Waals surface area contributed by atoms with Gasteiger partial charge in [0.25, 0.3) is 0 Å². The molecule has 1 fully saturated rings. The molecule has 2 aromatic carbocycles. The van der Waals surface area contributed by atoms with Gasteiger partial charge in [-0.3, -0.25) is 9.69 Å². The minimum atomic E-state index is 0.202. The summed E-state index contributed by atoms with van der Waals surface area (Å²) in [6.07, 6.45) is 0. The van der Waals surface area contributed by atoms with Crippen molar-refractivity contribution in [1.82, 2.24) is 9.80 Å². The molecule has 0 aliphatic carbocycles. The van der Waals surface area contributed by atoms with Crippen molar-refractivity contribution in [2.45, 2.75) is 20.4 Å². The number of carbonyl (C=O) groups excluding carboxylic acids is 1. The Labute approximate surface area is 167 Å². The van der Waals surface area contributed by atoms with Gasteiger partial charge in [-0.05, 0) is 50.2 Å². The molecule has 1 heterocycles. The largest absolute Gasteiger partial charge is 0.368 e. The van der Waals surface area contributed by atoms with Crippen LogP contribution in [0.25, 0.3) is 0 Å². The van der Waals surface area contributed by atoms with Gasteiger partial charge in [0.05, 0.1) is 6.54 Å². The van der Waals surface area contributed by atoms with Gasteiger partial charge in [0.1, 0.15) is 0 Å². The van der Waals surface area contributed by atoms with Gasteiger partial charge in [-0.1, -0.05) is 41.4 Å². The minimum Gasteiger partial charge on any atom is -0.368 e. The van der Waals surface area contributed by atoms with Crippen molar-refractivity contribution in [1.29, 1.82) is 0 Å². The molecule has 1 aliphatic heterocycles. The first kappa shape index (κ1) is 19.7. The van der Waals surface area contributed by atoms with E-state index in [9.17, 15) is 4.79 Å². The number of carbonyl (C=O) groups is 1. The maximum atomic E-state index is 12.7. The highest BCUT2D eigenvalue weighted by Crippen LogP contribution is 2.21. The summed E-state index contributed by atoms with van der Waals surface area (Å²) in [7, 11) is 2.01. The van der Waals surface area contributed by atoms with Crippen LogP contribution in [0.4, 0.5) is 5.69 Å². The molecule has 0 unspecified atom stereocenters. The Morgan fingerprint density at radius 2 is 1.81 bits per heavy atom. The predicted octanol–water partition coefficient (Wildman–Crippen LogP) is 3.74. The number of likely N-dealkylation sites (N-methyl/N-ethyl adjacent to an activating group) is 1. The number of nitrogens with zero attached hydrogens (tertiary/aromatic N) is 3. The fraction of sp³-hybridized carbons (Fsp3) is 0.409. The fourth-order valence-corrected chi connectivity index (χ4v) is 3.77. The Kier molecular flexibility index (Phi) is 6.40. The van der Waals surface area contributed by atoms with E-state index in [0.29, 0.717) is 6.54 Å². The number of piperazine rings is 1. The number of hydrogen-bond acceptors (Lipinski definition) is 3. The van der Waals surface area contributed by atoms with Crippen molar-refractivity contribution in [3.05, 3.63) is 64.2 Å². The first-order chi connectivity index (χ1) is 12.9. The van der Waals surface area contributed by atoms with Crippen LogP contribution in [0.1, 0.15) is 16.7 Å². The van der Waals surface area contributed by atoms with Crippen molar-refractivity contribution in [2.75, 3.05) is 44.7 Å². The quantitative estimate of drug-likeness (QED) is 0.784. The van der Waals surface area contributed by atoms with Gasteiger partial charge in [-0.15, -0.1) is 0 Å². The van der Waals surface area contributed by atoms with Gasteiger partial charge in [0, 0.05) is 43.4 Å². The normalized spacial score (nSPS) is 14.7. The zero-order valence-electron chi connectivity index (χ0n) is 16.4. The number of anilines is 1. The van der Waals surface area contributed by atoms with Crippen LogP contribution in [0, 0.1) is 13.8 Å². The summed E-state index contributed by atoms with van der Waals surface area (Å²) in [4.78, 5) is 19.0. The summed E-state index contributed by atoms with van der Waals surface area (Å²) in [5.74, 6) is 0.202. The number of amides is 1. The molecule has 1 saturated heterocycles. The van der Waals surface area contributed by atoms with Crippen LogP contribution in [-0.2, 0) is 11.3 Å². The van der Waals surface area contributed by atoms with Gasteiger partial charge in [0.15, 0.2) is 0 Å². The molecule has 0 radical (unpaired) electrons. The molecule has 0 saturated carbocycles. The highest BCUT2D eigenvalue weighted by Gasteiger charge is 2.22. The Balaban J connectivity index is 1.50. The molecule has 4 nitrogen and oxygen atoms in total. The molecule has 1 aliphatic rings. The van der Waals surface area contributed by atoms with Crippen molar-refractivity contribution in [2.24, 2.45) is 0 Å². The van der Waals surface area contributed by atoms with Gasteiger partial charge >= 0.3 is 0 Å². The molecule has 0 spiro atoms. The lowest BCUT2D eigenvalue weighted by Gasteiger charge is -2.36. The highest BCUT2D eigenvalue weighted by atomic mass is 35.5. The smallest absolute Gasteiger partial charge is 0.236 e. The monoisotopic (exact) mass is 385 g/mol. The fourth-order valence-electron chi connectivity index (χ4n) is 3.59. The lowest BCUT2D eigenvalue weighted by atomic mass is 10.1. The van der Waals surface area contributed by atoms with Crippen LogP contribution in [0.3, 0.4) is 0 Å². The topological polar surface area (TPSA) is 26.8 Å². The Morgan fingerprint density at radius 3 is 2.48 bits per heavy atom. The average Bonchev–Trinajstić information content (AvgIpc) is 2.64. The van der Waals surface area contributed by atoms with E-state index in [2.05, 4.69) is 47.9 Å². The van der Waals surface area contributed by atoms with E-state index in [1.165, 1.54) is 16.7 Å². The molecule has 3 rings (SSSR count). The van der Waals surface area contributed by atoms with Gasteiger partial charge in [-0.2, -0.15) is 0 Å². The molecule has 0 atom stereocenters. The number of rotatable bonds is 5. The Bertz CT molecular complexity index is 800. The SMILES string of the molecule is Cc1ccc(CN(C)CC(=O)N2CCN(c3cccc(Cl)c3)CC2)c(C)c1. The van der Waals surface area contributed by atoms with Gasteiger partial charge in [0.2, 0.25) is 5.91 Å². The summed E-state index contributed by atoms with van der Waals surface area (Å²) in [5.41, 5.74) is 4.96. The van der Waals surface area contributed by atoms with Crippen molar-refractivity contribution < 1.29 is 4.79 Å². The van der Waals surface area contributed by atoms with Crippen LogP contribution in [-0.4, -0.2) is 55.5 Å². The summed E-state index contributed by atoms with van der Waals surface area (Å²) in [5, 5.41) is 0.749. The second kappa shape index (κ2) is 8.77. The second-order valence-electron chi connectivity index (χ2n) is 7.45. The number of hydrogen-bond donors (Lipinski definition) is 0. The van der Waals surface area contributed by atoms with E-state index in [1.807, 2.05) is 30.1 Å². The summed E-state index contributed by atoms with van der Waals surface area (Å²) >= 11 is 6.09. The minimum absolute atomic E-state index is 0.202. The van der Waals surface area contributed by atoms with Crippen LogP contribution in [0.2, 0.25) is 5.02 Å². The highest BCUT2D eigenvalue weighted by molar-refractivity contribution is 6.30. The average molecular weight is 386 g/mol. The number of aryl methyl sites for hydroxylation is 2. The first-order valence-electron chi connectivity index (χ1n) is 9.45. The van der Waals surface area contributed by atoms with Crippen LogP contribution >= 0.6 is 11.6 Å². The van der Waals surface area contributed by atoms with Crippen LogP contribution < -0.4 is 4.90 Å². The number of halogens is 1. The summed E-state index contributed by atoms with van der Waals surface area (Å²) in [6.45, 7) is 8.66. The van der Waals surface area contributed by atoms with Gasteiger partial charge in [-0.25, -0.2) is 0 Å². The lowest BCUT2D eigenvalue weighted by molar-refractivity contribution is -0.132. The predicted molar refractivity (Wildman–Crippen MR) is 112 cm³/mol. The Hall–Kier alpha value is -2.04. The molecule has 5 heteroatoms. The second-order valence-corrected chi connectivity index (χ2v) is 7.89. The summed E-state index contributed by atoms with van der Waals surface area (Å²) < 4.78 is 0. The van der Waals surface area contributed by atoms with E-state index in [0.717, 1.165) is 43.4 Å². The molecular weight excluding hydrogens is 358 g/mol. The van der Waals surface area contributed by atoms with E-state index in [-0.39, 0.29) is 5.91 Å². The maximum absolute atomic E-state index is 12.7. The molecule has 27 heavy (non-hydrogen) atoms. The van der Waals surface area contributed by atoms with Crippen molar-refractivity contribution in [3.63, 3.8) is 0 Å². The van der Waals surface area contributed by atoms with E-state index in [4.69, 9.17) is 11.6 Å². The lowest BCUT2D eigenvalue weighted by Crippen LogP contribution is -2.51. The zero-order valence-corrected chi connectivity index (χ0v) is 17.2. The summed E-state index contributed by atoms with van der Waals surface area (Å²) in [6, 6.07) is 14.4. The molecule has 144 valence electrons. The number of benzene rings is 2. The van der Waals surface area contributed by atoms with Crippen LogP contribution in [0.15, 0.2) is 42.5 Å². The molecule has 0 bridgehead atoms. The van der Waals surface area contributed by atoms with Crippen LogP contribution in [0.5, 0.6) is 0 Å². The maximum Gasteiger partial charge on any atom is 0.236 e. The molecular formula is C22H28ClN3O. The van der Waals surface area contributed by atoms with Gasteiger partial charge < -0.3 is 9.80 Å². The van der Waals surface area contributed by atoms with Crippen molar-refractivity contribution in [3.8, 4) is 0 Å². The third-order valence-electron chi connectivity index (χ3n) is 5.15. The zero-order chi connectivity index (χ0) is 19.4.